The minimum absolute atomic E-state index is 0.0734. The van der Waals surface area contributed by atoms with Gasteiger partial charge in [-0.15, -0.1) is 0 Å². The van der Waals surface area contributed by atoms with Gasteiger partial charge in [0.25, 0.3) is 0 Å². The van der Waals surface area contributed by atoms with Gasteiger partial charge in [-0.05, 0) is 80.4 Å². The van der Waals surface area contributed by atoms with Crippen molar-refractivity contribution in [1.82, 2.24) is 4.40 Å². The Bertz CT molecular complexity index is 1940. The first-order chi connectivity index (χ1) is 21.3. The topological polar surface area (TPSA) is 80.0 Å². The minimum Gasteiger partial charge on any atom is -0.496 e. The number of benzene rings is 4. The minimum atomic E-state index is -1.18. The van der Waals surface area contributed by atoms with Gasteiger partial charge in [0.1, 0.15) is 5.75 Å². The van der Waals surface area contributed by atoms with Gasteiger partial charge in [-0.2, -0.15) is 0 Å². The van der Waals surface area contributed by atoms with Crippen molar-refractivity contribution < 1.29 is 19.4 Å². The highest BCUT2D eigenvalue weighted by molar-refractivity contribution is 6.17. The van der Waals surface area contributed by atoms with Gasteiger partial charge < -0.3 is 19.6 Å². The molecule has 6 aromatic rings. The molecule has 0 aliphatic carbocycles. The average molecular weight is 583 g/mol. The van der Waals surface area contributed by atoms with Crippen LogP contribution in [-0.4, -0.2) is 28.4 Å². The van der Waals surface area contributed by atoms with Crippen molar-refractivity contribution in [3.63, 3.8) is 0 Å². The molecule has 0 spiro atoms. The number of nitrogens with zero attached hydrogens (tertiary/aromatic N) is 1. The second kappa shape index (κ2) is 13.1. The summed E-state index contributed by atoms with van der Waals surface area (Å²) in [6.07, 6.45) is 2.11. The number of pyridine rings is 1. The summed E-state index contributed by atoms with van der Waals surface area (Å²) in [7, 11) is 1.49. The number of hydrogen-bond donors (Lipinski definition) is 2. The van der Waals surface area contributed by atoms with Crippen molar-refractivity contribution >= 4 is 28.6 Å². The first kappa shape index (κ1) is 29.9. The molecule has 0 saturated carbocycles. The van der Waals surface area contributed by atoms with Gasteiger partial charge in [-0.3, -0.25) is 4.79 Å². The number of fused-ring (bicyclic) bond motifs is 1. The van der Waals surface area contributed by atoms with E-state index in [9.17, 15) is 14.7 Å². The molecule has 6 heteroatoms. The number of nitrogens with one attached hydrogen (secondary N) is 1. The molecule has 0 atom stereocenters. The van der Waals surface area contributed by atoms with Crippen LogP contribution in [0.15, 0.2) is 121 Å². The predicted octanol–water partition coefficient (Wildman–Crippen LogP) is 8.90. The third-order valence-electron chi connectivity index (χ3n) is 7.47. The number of hydrogen-bond acceptors (Lipinski definition) is 4. The molecule has 2 N–H and O–H groups in total. The van der Waals surface area contributed by atoms with Gasteiger partial charge in [0, 0.05) is 34.2 Å². The number of anilines is 2. The second-order valence-corrected chi connectivity index (χ2v) is 10.6. The van der Waals surface area contributed by atoms with E-state index in [1.54, 1.807) is 30.3 Å². The molecule has 44 heavy (non-hydrogen) atoms. The van der Waals surface area contributed by atoms with E-state index in [1.165, 1.54) is 35.5 Å². The van der Waals surface area contributed by atoms with Gasteiger partial charge in [-0.1, -0.05) is 72.3 Å². The molecule has 0 radical (unpaired) electrons. The molecule has 2 aromatic heterocycles. The van der Waals surface area contributed by atoms with Gasteiger partial charge in [0.15, 0.2) is 5.78 Å². The molecule has 2 heterocycles. The molecule has 0 amide bonds. The van der Waals surface area contributed by atoms with E-state index in [-0.39, 0.29) is 11.1 Å². The van der Waals surface area contributed by atoms with Crippen LogP contribution in [0, 0.1) is 20.8 Å². The lowest BCUT2D eigenvalue weighted by molar-refractivity contribution is 0.0694. The van der Waals surface area contributed by atoms with Crippen molar-refractivity contribution in [2.24, 2.45) is 0 Å². The molecule has 0 aliphatic heterocycles. The predicted molar refractivity (Wildman–Crippen MR) is 177 cm³/mol. The number of rotatable bonds is 7. The van der Waals surface area contributed by atoms with Crippen LogP contribution in [0.4, 0.5) is 11.4 Å². The van der Waals surface area contributed by atoms with Crippen molar-refractivity contribution in [2.75, 3.05) is 12.4 Å². The zero-order valence-electron chi connectivity index (χ0n) is 25.2. The monoisotopic (exact) mass is 582 g/mol. The SMILES string of the molecule is COc1cc(C)ccc1C(=O)c1cccc(Nc2ccc(C)cc2)c1C(=O)O.Cc1c(-c2ccccc2)cc2ccccn12. The van der Waals surface area contributed by atoms with E-state index in [1.807, 2.05) is 38.1 Å². The molecule has 0 fully saturated rings. The lowest BCUT2D eigenvalue weighted by Gasteiger charge is -2.14. The Morgan fingerprint density at radius 3 is 2.11 bits per heavy atom. The fourth-order valence-electron chi connectivity index (χ4n) is 5.17. The number of methoxy groups -OCH3 is 1. The summed E-state index contributed by atoms with van der Waals surface area (Å²) >= 11 is 0. The number of carbonyl (C=O) groups excluding carboxylic acids is 1. The first-order valence-electron chi connectivity index (χ1n) is 14.3. The summed E-state index contributed by atoms with van der Waals surface area (Å²) in [6.45, 7) is 6.03. The fourth-order valence-corrected chi connectivity index (χ4v) is 5.17. The number of ether oxygens (including phenoxy) is 1. The Labute approximate surface area is 257 Å². The molecular weight excluding hydrogens is 548 g/mol. The number of carboxylic acids is 1. The van der Waals surface area contributed by atoms with Crippen molar-refractivity contribution in [3.05, 3.63) is 155 Å². The maximum absolute atomic E-state index is 13.1. The number of aromatic carboxylic acids is 1. The average Bonchev–Trinajstić information content (AvgIpc) is 3.38. The summed E-state index contributed by atoms with van der Waals surface area (Å²) in [5.74, 6) is -1.16. The van der Waals surface area contributed by atoms with Crippen molar-refractivity contribution in [3.8, 4) is 16.9 Å². The number of ketones is 1. The Balaban J connectivity index is 0.000000201. The van der Waals surface area contributed by atoms with Gasteiger partial charge in [0.2, 0.25) is 0 Å². The van der Waals surface area contributed by atoms with E-state index >= 15 is 0 Å². The third-order valence-corrected chi connectivity index (χ3v) is 7.47. The molecular formula is C38H34N2O4. The lowest BCUT2D eigenvalue weighted by Crippen LogP contribution is -2.13. The van der Waals surface area contributed by atoms with E-state index < -0.39 is 11.8 Å². The van der Waals surface area contributed by atoms with Crippen LogP contribution in [0.2, 0.25) is 0 Å². The molecule has 0 unspecified atom stereocenters. The highest BCUT2D eigenvalue weighted by Gasteiger charge is 2.24. The maximum Gasteiger partial charge on any atom is 0.338 e. The highest BCUT2D eigenvalue weighted by Crippen LogP contribution is 2.30. The molecule has 4 aromatic carbocycles. The number of aromatic nitrogens is 1. The summed E-state index contributed by atoms with van der Waals surface area (Å²) in [5.41, 5.74) is 8.63. The summed E-state index contributed by atoms with van der Waals surface area (Å²) < 4.78 is 7.55. The normalized spacial score (nSPS) is 10.5. The van der Waals surface area contributed by atoms with E-state index in [4.69, 9.17) is 4.74 Å². The number of carboxylic acid groups (broad SMARTS) is 1. The summed E-state index contributed by atoms with van der Waals surface area (Å²) in [4.78, 5) is 25.1. The fraction of sp³-hybridized carbons (Fsp3) is 0.105. The molecule has 220 valence electrons. The Morgan fingerprint density at radius 2 is 1.43 bits per heavy atom. The Kier molecular flexibility index (Phi) is 8.91. The summed E-state index contributed by atoms with van der Waals surface area (Å²) in [6, 6.07) is 36.6. The van der Waals surface area contributed by atoms with Gasteiger partial charge in [0.05, 0.1) is 23.9 Å². The Morgan fingerprint density at radius 1 is 0.727 bits per heavy atom. The Hall–Kier alpha value is -5.62. The van der Waals surface area contributed by atoms with E-state index in [0.717, 1.165) is 16.8 Å². The van der Waals surface area contributed by atoms with Crippen LogP contribution in [0.3, 0.4) is 0 Å². The van der Waals surface area contributed by atoms with Crippen LogP contribution >= 0.6 is 0 Å². The molecule has 6 rings (SSSR count). The summed E-state index contributed by atoms with van der Waals surface area (Å²) in [5, 5.41) is 12.9. The van der Waals surface area contributed by atoms with Gasteiger partial charge in [-0.25, -0.2) is 4.79 Å². The van der Waals surface area contributed by atoms with Crippen LogP contribution in [0.25, 0.3) is 16.6 Å². The smallest absolute Gasteiger partial charge is 0.338 e. The van der Waals surface area contributed by atoms with Crippen LogP contribution < -0.4 is 10.1 Å². The first-order valence-corrected chi connectivity index (χ1v) is 14.3. The van der Waals surface area contributed by atoms with Crippen LogP contribution in [0.5, 0.6) is 5.75 Å². The quantitative estimate of drug-likeness (QED) is 0.184. The third kappa shape index (κ3) is 6.40. The molecule has 6 nitrogen and oxygen atoms in total. The molecule has 0 aliphatic rings. The molecule has 0 bridgehead atoms. The van der Waals surface area contributed by atoms with Crippen LogP contribution in [-0.2, 0) is 0 Å². The molecule has 0 saturated heterocycles. The number of aryl methyl sites for hydroxylation is 3. The van der Waals surface area contributed by atoms with E-state index in [2.05, 4.69) is 77.4 Å². The lowest BCUT2D eigenvalue weighted by atomic mass is 9.95. The van der Waals surface area contributed by atoms with Crippen LogP contribution in [0.1, 0.15) is 43.1 Å². The number of carbonyl (C=O) groups is 2. The zero-order valence-corrected chi connectivity index (χ0v) is 25.2. The van der Waals surface area contributed by atoms with E-state index in [0.29, 0.717) is 17.0 Å². The standard InChI is InChI=1S/C23H21NO4.C15H13N/c1-14-7-10-16(11-8-14)24-19-6-4-5-18(21(19)23(26)27)22(25)17-12-9-15(2)13-20(17)28-3;1-12-15(13-7-3-2-4-8-13)11-14-9-5-6-10-16(12)14/h4-13,24H,1-3H3,(H,26,27);2-11H,1H3. The highest BCUT2D eigenvalue weighted by atomic mass is 16.5. The second-order valence-electron chi connectivity index (χ2n) is 10.6. The maximum atomic E-state index is 13.1. The van der Waals surface area contributed by atoms with Crippen molar-refractivity contribution in [2.45, 2.75) is 20.8 Å². The zero-order chi connectivity index (χ0) is 31.2. The van der Waals surface area contributed by atoms with Crippen molar-refractivity contribution in [1.29, 1.82) is 0 Å². The largest absolute Gasteiger partial charge is 0.496 e. The van der Waals surface area contributed by atoms with Gasteiger partial charge >= 0.3 is 5.97 Å².